The second-order valence-electron chi connectivity index (χ2n) is 2.76. The molecule has 0 radical (unpaired) electrons. The summed E-state index contributed by atoms with van der Waals surface area (Å²) in [4.78, 5) is 11.1. The van der Waals surface area contributed by atoms with Crippen LogP contribution < -0.4 is 0 Å². The summed E-state index contributed by atoms with van der Waals surface area (Å²) >= 11 is 0. The van der Waals surface area contributed by atoms with Gasteiger partial charge in [0.2, 0.25) is 0 Å². The lowest BCUT2D eigenvalue weighted by Crippen LogP contribution is -2.48. The average Bonchev–Trinajstić information content (AvgIpc) is 2.29. The van der Waals surface area contributed by atoms with E-state index in [1.165, 1.54) is 0 Å². The van der Waals surface area contributed by atoms with Gasteiger partial charge in [-0.2, -0.15) is 14.7 Å². The summed E-state index contributed by atoms with van der Waals surface area (Å²) < 4.78 is 4.55. The molecule has 0 saturated carbocycles. The van der Waals surface area contributed by atoms with Crippen LogP contribution in [0.15, 0.2) is 25.3 Å². The Bertz CT molecular complexity index is 226. The summed E-state index contributed by atoms with van der Waals surface area (Å²) in [6.45, 7) is 6.54. The Labute approximate surface area is 91.3 Å². The van der Waals surface area contributed by atoms with Crippen molar-refractivity contribution in [2.24, 2.45) is 0 Å². The molecule has 1 atom stereocenters. The van der Waals surface area contributed by atoms with Gasteiger partial charge in [0.25, 0.3) is 0 Å². The average molecular weight is 238 g/mol. The number of aliphatic hydroxyl groups is 1. The number of hydrogen-bond acceptors (Lipinski definition) is 8. The van der Waals surface area contributed by atoms with Gasteiger partial charge in [-0.1, -0.05) is 12.2 Å². The van der Waals surface area contributed by atoms with Crippen LogP contribution in [0, 0.1) is 0 Å². The van der Waals surface area contributed by atoms with Crippen molar-refractivity contribution in [1.29, 1.82) is 0 Å². The van der Waals surface area contributed by atoms with Gasteiger partial charge >= 0.3 is 11.9 Å². The maximum Gasteiger partial charge on any atom is 0.346 e. The summed E-state index contributed by atoms with van der Waals surface area (Å²) in [6.07, 6.45) is 1.53. The third kappa shape index (κ3) is 3.96. The predicted molar refractivity (Wildman–Crippen MR) is 49.5 cm³/mol. The van der Waals surface area contributed by atoms with Crippen LogP contribution in [-0.2, 0) is 19.4 Å². The first-order chi connectivity index (χ1) is 7.51. The summed E-state index contributed by atoms with van der Waals surface area (Å²) in [6, 6.07) is 0. The molecular formula is C8H14O8. The lowest BCUT2D eigenvalue weighted by Gasteiger charge is -2.32. The first kappa shape index (κ1) is 15.2. The van der Waals surface area contributed by atoms with Crippen molar-refractivity contribution in [3.05, 3.63) is 25.3 Å². The van der Waals surface area contributed by atoms with Crippen molar-refractivity contribution in [3.63, 3.8) is 0 Å². The maximum atomic E-state index is 9.46. The van der Waals surface area contributed by atoms with Crippen LogP contribution in [0.2, 0.25) is 0 Å². The SMILES string of the molecule is C=CCC(O)(OO)OC(CC=C)(OO)OO. The second kappa shape index (κ2) is 6.68. The molecule has 0 aliphatic carbocycles. The van der Waals surface area contributed by atoms with E-state index in [9.17, 15) is 5.11 Å². The highest BCUT2D eigenvalue weighted by atomic mass is 17.3. The molecule has 0 heterocycles. The van der Waals surface area contributed by atoms with Crippen LogP contribution in [-0.4, -0.2) is 32.8 Å². The Kier molecular flexibility index (Phi) is 6.33. The molecular weight excluding hydrogens is 224 g/mol. The minimum Gasteiger partial charge on any atom is -0.341 e. The topological polar surface area (TPSA) is 118 Å². The molecule has 8 nitrogen and oxygen atoms in total. The fourth-order valence-electron chi connectivity index (χ4n) is 0.870. The van der Waals surface area contributed by atoms with E-state index < -0.39 is 18.4 Å². The molecule has 0 aliphatic rings. The van der Waals surface area contributed by atoms with Gasteiger partial charge in [0.15, 0.2) is 0 Å². The Hall–Kier alpha value is -0.840. The zero-order valence-corrected chi connectivity index (χ0v) is 8.40. The molecule has 0 aromatic heterocycles. The molecule has 4 N–H and O–H groups in total. The van der Waals surface area contributed by atoms with Crippen molar-refractivity contribution < 1.29 is 40.3 Å². The highest BCUT2D eigenvalue weighted by Crippen LogP contribution is 2.27. The minimum atomic E-state index is -2.60. The smallest absolute Gasteiger partial charge is 0.341 e. The van der Waals surface area contributed by atoms with Gasteiger partial charge in [-0.3, -0.25) is 4.74 Å². The summed E-state index contributed by atoms with van der Waals surface area (Å²) in [5, 5.41) is 34.9. The molecule has 0 aliphatic heterocycles. The maximum absolute atomic E-state index is 9.46. The lowest BCUT2D eigenvalue weighted by molar-refractivity contribution is -0.623. The van der Waals surface area contributed by atoms with Crippen LogP contribution in [0.5, 0.6) is 0 Å². The van der Waals surface area contributed by atoms with E-state index in [-0.39, 0.29) is 6.42 Å². The Balaban J connectivity index is 4.81. The number of ether oxygens (including phenoxy) is 1. The fraction of sp³-hybridized carbons (Fsp3) is 0.500. The van der Waals surface area contributed by atoms with Gasteiger partial charge < -0.3 is 5.11 Å². The molecule has 0 bridgehead atoms. The zero-order chi connectivity index (χ0) is 12.7. The van der Waals surface area contributed by atoms with E-state index in [4.69, 9.17) is 15.8 Å². The summed E-state index contributed by atoms with van der Waals surface area (Å²) in [7, 11) is 0. The minimum absolute atomic E-state index is 0.372. The number of rotatable bonds is 9. The molecule has 1 unspecified atom stereocenters. The molecule has 0 spiro atoms. The normalized spacial score (nSPS) is 15.5. The van der Waals surface area contributed by atoms with Crippen LogP contribution in [0.4, 0.5) is 0 Å². The molecule has 8 heteroatoms. The Morgan fingerprint density at radius 2 is 1.44 bits per heavy atom. The van der Waals surface area contributed by atoms with E-state index >= 15 is 0 Å². The Morgan fingerprint density at radius 1 is 0.938 bits per heavy atom. The molecule has 0 fully saturated rings. The van der Waals surface area contributed by atoms with Crippen LogP contribution in [0.1, 0.15) is 12.8 Å². The van der Waals surface area contributed by atoms with Gasteiger partial charge in [-0.15, -0.1) is 13.2 Å². The standard InChI is InChI=1S/C8H14O8/c1-3-5-7(9,14-10)13-8(15-11,16-12)6-4-2/h3-4,9-12H,1-2,5-6H2. The van der Waals surface area contributed by atoms with Crippen LogP contribution >= 0.6 is 0 Å². The Morgan fingerprint density at radius 3 is 1.75 bits per heavy atom. The molecule has 0 rings (SSSR count). The molecule has 16 heavy (non-hydrogen) atoms. The summed E-state index contributed by atoms with van der Waals surface area (Å²) in [5.74, 6) is -5.07. The molecule has 0 aromatic carbocycles. The van der Waals surface area contributed by atoms with Crippen LogP contribution in [0.3, 0.4) is 0 Å². The van der Waals surface area contributed by atoms with Crippen LogP contribution in [0.25, 0.3) is 0 Å². The van der Waals surface area contributed by atoms with E-state index in [1.54, 1.807) is 0 Å². The van der Waals surface area contributed by atoms with Gasteiger partial charge in [0, 0.05) is 6.42 Å². The van der Waals surface area contributed by atoms with Gasteiger partial charge in [-0.05, 0) is 0 Å². The third-order valence-corrected chi connectivity index (χ3v) is 1.53. The highest BCUT2D eigenvalue weighted by Gasteiger charge is 2.45. The van der Waals surface area contributed by atoms with E-state index in [1.807, 2.05) is 0 Å². The van der Waals surface area contributed by atoms with Crippen molar-refractivity contribution in [2.45, 2.75) is 24.8 Å². The largest absolute Gasteiger partial charge is 0.346 e. The number of hydrogen-bond donors (Lipinski definition) is 4. The molecule has 94 valence electrons. The summed E-state index contributed by atoms with van der Waals surface area (Å²) in [5.41, 5.74) is 0. The highest BCUT2D eigenvalue weighted by molar-refractivity contribution is 4.77. The van der Waals surface area contributed by atoms with E-state index in [2.05, 4.69) is 32.6 Å². The van der Waals surface area contributed by atoms with Gasteiger partial charge in [0.05, 0.1) is 6.42 Å². The predicted octanol–water partition coefficient (Wildman–Crippen LogP) is 0.924. The van der Waals surface area contributed by atoms with E-state index in [0.717, 1.165) is 12.2 Å². The lowest BCUT2D eigenvalue weighted by atomic mass is 10.3. The zero-order valence-electron chi connectivity index (χ0n) is 8.40. The van der Waals surface area contributed by atoms with Crippen molar-refractivity contribution in [2.75, 3.05) is 0 Å². The van der Waals surface area contributed by atoms with Crippen molar-refractivity contribution >= 4 is 0 Å². The van der Waals surface area contributed by atoms with Crippen molar-refractivity contribution in [1.82, 2.24) is 0 Å². The quantitative estimate of drug-likeness (QED) is 0.203. The molecule has 0 aromatic rings. The first-order valence-electron chi connectivity index (χ1n) is 4.13. The first-order valence-corrected chi connectivity index (χ1v) is 4.13. The third-order valence-electron chi connectivity index (χ3n) is 1.53. The second-order valence-corrected chi connectivity index (χ2v) is 2.76. The van der Waals surface area contributed by atoms with Gasteiger partial charge in [-0.25, -0.2) is 15.8 Å². The fourth-order valence-corrected chi connectivity index (χ4v) is 0.870. The van der Waals surface area contributed by atoms with Gasteiger partial charge in [0.1, 0.15) is 0 Å². The van der Waals surface area contributed by atoms with Crippen molar-refractivity contribution in [3.8, 4) is 0 Å². The van der Waals surface area contributed by atoms with E-state index in [0.29, 0.717) is 0 Å². The molecule has 0 amide bonds. The molecule has 0 saturated heterocycles. The monoisotopic (exact) mass is 238 g/mol.